The molecule has 0 atom stereocenters. The topological polar surface area (TPSA) is 49.8 Å². The minimum absolute atomic E-state index is 0.0132. The summed E-state index contributed by atoms with van der Waals surface area (Å²) in [6.45, 7) is 0.925. The van der Waals surface area contributed by atoms with Crippen LogP contribution in [0.3, 0.4) is 0 Å². The van der Waals surface area contributed by atoms with Crippen LogP contribution in [0.15, 0.2) is 18.2 Å². The van der Waals surface area contributed by atoms with Crippen LogP contribution in [0.4, 0.5) is 10.1 Å². The van der Waals surface area contributed by atoms with Gasteiger partial charge in [-0.2, -0.15) is 0 Å². The summed E-state index contributed by atoms with van der Waals surface area (Å²) in [5.74, 6) is -0.356. The first-order chi connectivity index (χ1) is 8.72. The van der Waals surface area contributed by atoms with Gasteiger partial charge in [0.25, 0.3) is 0 Å². The molecule has 1 aliphatic heterocycles. The predicted octanol–water partition coefficient (Wildman–Crippen LogP) is 1.11. The van der Waals surface area contributed by atoms with Crippen LogP contribution in [0.25, 0.3) is 0 Å². The molecule has 98 valence electrons. The van der Waals surface area contributed by atoms with Crippen LogP contribution in [0, 0.1) is 5.82 Å². The Morgan fingerprint density at radius 1 is 1.33 bits per heavy atom. The van der Waals surface area contributed by atoms with Crippen molar-refractivity contribution in [2.24, 2.45) is 0 Å². The molecule has 1 aromatic rings. The highest BCUT2D eigenvalue weighted by molar-refractivity contribution is 5.96. The summed E-state index contributed by atoms with van der Waals surface area (Å²) in [7, 11) is 0. The number of aryl methyl sites for hydroxylation is 1. The van der Waals surface area contributed by atoms with Gasteiger partial charge < -0.3 is 14.7 Å². The van der Waals surface area contributed by atoms with E-state index in [1.54, 1.807) is 11.0 Å². The largest absolute Gasteiger partial charge is 0.394 e. The first-order valence-corrected chi connectivity index (χ1v) is 6.00. The van der Waals surface area contributed by atoms with E-state index in [0.717, 1.165) is 5.56 Å². The number of carbonyl (C=O) groups excluding carboxylic acids is 1. The van der Waals surface area contributed by atoms with Gasteiger partial charge in [0.15, 0.2) is 0 Å². The lowest BCUT2D eigenvalue weighted by Crippen LogP contribution is -2.37. The second kappa shape index (κ2) is 5.93. The van der Waals surface area contributed by atoms with E-state index in [0.29, 0.717) is 31.7 Å². The van der Waals surface area contributed by atoms with Gasteiger partial charge in [-0.3, -0.25) is 4.79 Å². The normalized spacial score (nSPS) is 14.8. The molecule has 0 saturated carbocycles. The molecule has 0 aliphatic carbocycles. The van der Waals surface area contributed by atoms with E-state index in [2.05, 4.69) is 0 Å². The van der Waals surface area contributed by atoms with Gasteiger partial charge in [0.05, 0.1) is 19.8 Å². The molecule has 18 heavy (non-hydrogen) atoms. The Labute approximate surface area is 105 Å². The van der Waals surface area contributed by atoms with Crippen LogP contribution in [-0.4, -0.2) is 37.4 Å². The highest BCUT2D eigenvalue weighted by atomic mass is 19.1. The van der Waals surface area contributed by atoms with Gasteiger partial charge in [-0.05, 0) is 24.1 Å². The molecule has 4 nitrogen and oxygen atoms in total. The third kappa shape index (κ3) is 2.86. The van der Waals surface area contributed by atoms with Crippen molar-refractivity contribution < 1.29 is 19.0 Å². The Balaban J connectivity index is 2.09. The maximum Gasteiger partial charge on any atom is 0.227 e. The minimum Gasteiger partial charge on any atom is -0.394 e. The Bertz CT molecular complexity index is 436. The number of halogens is 1. The number of fused-ring (bicyclic) bond motifs is 1. The monoisotopic (exact) mass is 253 g/mol. The number of anilines is 1. The molecule has 0 aromatic heterocycles. The number of ether oxygens (including phenoxy) is 1. The summed E-state index contributed by atoms with van der Waals surface area (Å²) >= 11 is 0. The van der Waals surface area contributed by atoms with Crippen molar-refractivity contribution in [2.75, 3.05) is 31.3 Å². The van der Waals surface area contributed by atoms with E-state index >= 15 is 0 Å². The Kier molecular flexibility index (Phi) is 4.28. The molecule has 0 unspecified atom stereocenters. The number of hydrogen-bond acceptors (Lipinski definition) is 3. The summed E-state index contributed by atoms with van der Waals surface area (Å²) in [6.07, 6.45) is 1.10. The summed E-state index contributed by atoms with van der Waals surface area (Å²) in [4.78, 5) is 13.4. The van der Waals surface area contributed by atoms with E-state index < -0.39 is 0 Å². The second-order valence-electron chi connectivity index (χ2n) is 4.15. The number of rotatable bonds is 5. The van der Waals surface area contributed by atoms with Gasteiger partial charge in [0.1, 0.15) is 5.82 Å². The molecular weight excluding hydrogens is 237 g/mol. The maximum absolute atomic E-state index is 13.2. The molecule has 0 saturated heterocycles. The van der Waals surface area contributed by atoms with Gasteiger partial charge in [0, 0.05) is 18.7 Å². The number of carbonyl (C=O) groups is 1. The molecule has 0 radical (unpaired) electrons. The minimum atomic E-state index is -0.343. The highest BCUT2D eigenvalue weighted by Crippen LogP contribution is 2.28. The first kappa shape index (κ1) is 13.0. The molecule has 1 heterocycles. The zero-order valence-electron chi connectivity index (χ0n) is 10.1. The van der Waals surface area contributed by atoms with E-state index in [1.165, 1.54) is 12.1 Å². The zero-order chi connectivity index (χ0) is 13.0. The van der Waals surface area contributed by atoms with Crippen LogP contribution in [0.5, 0.6) is 0 Å². The third-order valence-electron chi connectivity index (χ3n) is 2.94. The van der Waals surface area contributed by atoms with Crippen LogP contribution in [-0.2, 0) is 16.0 Å². The van der Waals surface area contributed by atoms with Crippen LogP contribution >= 0.6 is 0 Å². The smallest absolute Gasteiger partial charge is 0.227 e. The maximum atomic E-state index is 13.2. The number of aliphatic hydroxyl groups is 1. The Hall–Kier alpha value is -1.46. The van der Waals surface area contributed by atoms with Crippen molar-refractivity contribution in [3.05, 3.63) is 29.6 Å². The number of hydrogen-bond donors (Lipinski definition) is 1. The number of nitrogens with zero attached hydrogens (tertiary/aromatic N) is 1. The SMILES string of the molecule is O=C1CCc2ccc(F)cc2N1CCOCCO. The molecule has 5 heteroatoms. The summed E-state index contributed by atoms with van der Waals surface area (Å²) in [5.41, 5.74) is 1.62. The summed E-state index contributed by atoms with van der Waals surface area (Å²) in [5, 5.41) is 8.59. The molecule has 1 N–H and O–H groups in total. The molecule has 0 fully saturated rings. The van der Waals surface area contributed by atoms with Gasteiger partial charge in [-0.15, -0.1) is 0 Å². The van der Waals surface area contributed by atoms with Crippen molar-refractivity contribution in [3.8, 4) is 0 Å². The van der Waals surface area contributed by atoms with Crippen LogP contribution in [0.2, 0.25) is 0 Å². The number of aliphatic hydroxyl groups excluding tert-OH is 1. The third-order valence-corrected chi connectivity index (χ3v) is 2.94. The lowest BCUT2D eigenvalue weighted by molar-refractivity contribution is -0.119. The van der Waals surface area contributed by atoms with Gasteiger partial charge in [-0.25, -0.2) is 4.39 Å². The van der Waals surface area contributed by atoms with Crippen LogP contribution < -0.4 is 4.90 Å². The zero-order valence-corrected chi connectivity index (χ0v) is 10.1. The second-order valence-corrected chi connectivity index (χ2v) is 4.15. The fraction of sp³-hybridized carbons (Fsp3) is 0.462. The molecule has 2 rings (SSSR count). The molecule has 0 bridgehead atoms. The molecule has 1 aliphatic rings. The summed E-state index contributed by atoms with van der Waals surface area (Å²) in [6, 6.07) is 4.52. The van der Waals surface area contributed by atoms with Gasteiger partial charge in [0.2, 0.25) is 5.91 Å². The fourth-order valence-electron chi connectivity index (χ4n) is 2.08. The van der Waals surface area contributed by atoms with Gasteiger partial charge in [-0.1, -0.05) is 6.07 Å². The standard InChI is InChI=1S/C13H16FNO3/c14-11-3-1-10-2-4-13(17)15(12(10)9-11)5-7-18-8-6-16/h1,3,9,16H,2,4-8H2. The molecule has 1 aromatic carbocycles. The average Bonchev–Trinajstić information content (AvgIpc) is 2.36. The Morgan fingerprint density at radius 2 is 2.17 bits per heavy atom. The van der Waals surface area contributed by atoms with E-state index in [9.17, 15) is 9.18 Å². The molecule has 1 amide bonds. The van der Waals surface area contributed by atoms with Crippen molar-refractivity contribution >= 4 is 11.6 Å². The van der Waals surface area contributed by atoms with Crippen molar-refractivity contribution in [1.82, 2.24) is 0 Å². The van der Waals surface area contributed by atoms with Gasteiger partial charge >= 0.3 is 0 Å². The van der Waals surface area contributed by atoms with E-state index in [1.807, 2.05) is 0 Å². The number of amides is 1. The average molecular weight is 253 g/mol. The molecule has 0 spiro atoms. The fourth-order valence-corrected chi connectivity index (χ4v) is 2.08. The van der Waals surface area contributed by atoms with Crippen molar-refractivity contribution in [2.45, 2.75) is 12.8 Å². The number of benzene rings is 1. The van der Waals surface area contributed by atoms with E-state index in [-0.39, 0.29) is 24.9 Å². The summed E-state index contributed by atoms with van der Waals surface area (Å²) < 4.78 is 18.4. The van der Waals surface area contributed by atoms with E-state index in [4.69, 9.17) is 9.84 Å². The predicted molar refractivity (Wildman–Crippen MR) is 65.0 cm³/mol. The highest BCUT2D eigenvalue weighted by Gasteiger charge is 2.24. The Morgan fingerprint density at radius 3 is 2.94 bits per heavy atom. The van der Waals surface area contributed by atoms with Crippen molar-refractivity contribution in [3.63, 3.8) is 0 Å². The lowest BCUT2D eigenvalue weighted by atomic mass is 10.0. The first-order valence-electron chi connectivity index (χ1n) is 6.00. The quantitative estimate of drug-likeness (QED) is 0.800. The lowest BCUT2D eigenvalue weighted by Gasteiger charge is -2.29. The molecular formula is C13H16FNO3. The van der Waals surface area contributed by atoms with Crippen molar-refractivity contribution in [1.29, 1.82) is 0 Å². The van der Waals surface area contributed by atoms with Crippen LogP contribution in [0.1, 0.15) is 12.0 Å².